The smallest absolute Gasteiger partial charge is 0.410 e. The van der Waals surface area contributed by atoms with Gasteiger partial charge in [-0.3, -0.25) is 0 Å². The first-order valence-corrected chi connectivity index (χ1v) is 5.45. The van der Waals surface area contributed by atoms with E-state index >= 15 is 0 Å². The minimum atomic E-state index is -0.434. The van der Waals surface area contributed by atoms with E-state index in [2.05, 4.69) is 0 Å². The molecule has 0 radical (unpaired) electrons. The number of aliphatic hydroxyl groups excluding tert-OH is 1. The van der Waals surface area contributed by atoms with E-state index in [9.17, 15) is 9.90 Å². The van der Waals surface area contributed by atoms with Gasteiger partial charge >= 0.3 is 6.09 Å². The van der Waals surface area contributed by atoms with Crippen LogP contribution in [0.25, 0.3) is 0 Å². The summed E-state index contributed by atoms with van der Waals surface area (Å²) in [6, 6.07) is 0. The zero-order chi connectivity index (χ0) is 11.3. The van der Waals surface area contributed by atoms with Crippen LogP contribution < -0.4 is 0 Å². The molecule has 15 heavy (non-hydrogen) atoms. The number of hydrogen-bond donors (Lipinski definition) is 1. The van der Waals surface area contributed by atoms with Gasteiger partial charge in [-0.1, -0.05) is 0 Å². The number of carbonyl (C=O) groups excluding carboxylic acids is 1. The summed E-state index contributed by atoms with van der Waals surface area (Å²) in [7, 11) is 0. The van der Waals surface area contributed by atoms with Crippen molar-refractivity contribution < 1.29 is 14.6 Å². The molecule has 1 heterocycles. The van der Waals surface area contributed by atoms with E-state index < -0.39 is 5.60 Å². The molecular formula is C11H19NO3. The van der Waals surface area contributed by atoms with Gasteiger partial charge in [-0.2, -0.15) is 0 Å². The third kappa shape index (κ3) is 1.95. The second-order valence-electron chi connectivity index (χ2n) is 5.78. The number of likely N-dealkylation sites (tertiary alicyclic amines) is 1. The van der Waals surface area contributed by atoms with Crippen molar-refractivity contribution in [1.29, 1.82) is 0 Å². The molecule has 0 aromatic rings. The number of aliphatic hydroxyl groups is 1. The first kappa shape index (κ1) is 10.7. The summed E-state index contributed by atoms with van der Waals surface area (Å²) < 4.78 is 5.29. The fourth-order valence-corrected chi connectivity index (χ4v) is 2.30. The maximum absolute atomic E-state index is 11.7. The number of amides is 1. The Balaban J connectivity index is 1.90. The lowest BCUT2D eigenvalue weighted by Gasteiger charge is -2.26. The molecule has 0 aromatic heterocycles. The fraction of sp³-hybridized carbons (Fsp3) is 0.909. The molecule has 1 aliphatic carbocycles. The summed E-state index contributed by atoms with van der Waals surface area (Å²) in [5.74, 6) is 0.495. The molecule has 2 aliphatic rings. The van der Waals surface area contributed by atoms with E-state index in [1.165, 1.54) is 0 Å². The van der Waals surface area contributed by atoms with Crippen LogP contribution in [-0.4, -0.2) is 41.4 Å². The van der Waals surface area contributed by atoms with Gasteiger partial charge < -0.3 is 14.7 Å². The zero-order valence-corrected chi connectivity index (χ0v) is 9.62. The topological polar surface area (TPSA) is 49.8 Å². The van der Waals surface area contributed by atoms with Crippen molar-refractivity contribution in [3.63, 3.8) is 0 Å². The van der Waals surface area contributed by atoms with Crippen molar-refractivity contribution in [2.24, 2.45) is 11.3 Å². The van der Waals surface area contributed by atoms with Crippen molar-refractivity contribution in [2.45, 2.75) is 32.8 Å². The number of rotatable bonds is 1. The monoisotopic (exact) mass is 213 g/mol. The van der Waals surface area contributed by atoms with Gasteiger partial charge in [0.25, 0.3) is 0 Å². The highest BCUT2D eigenvalue weighted by Crippen LogP contribution is 2.57. The Bertz CT molecular complexity index is 280. The molecule has 1 amide bonds. The number of carbonyl (C=O) groups is 1. The van der Waals surface area contributed by atoms with Crippen molar-refractivity contribution in [3.05, 3.63) is 0 Å². The fourth-order valence-electron chi connectivity index (χ4n) is 2.30. The standard InChI is InChI=1S/C11H19NO3/c1-10(2,3)15-9(14)12-5-8-4-11(8,6-12)7-13/h8,13H,4-7H2,1-3H3/t8-,11+/m0/s1. The predicted molar refractivity (Wildman–Crippen MR) is 55.4 cm³/mol. The number of ether oxygens (including phenoxy) is 1. The van der Waals surface area contributed by atoms with E-state index in [1.807, 2.05) is 20.8 Å². The normalized spacial score (nSPS) is 33.9. The Morgan fingerprint density at radius 3 is 2.73 bits per heavy atom. The van der Waals surface area contributed by atoms with Gasteiger partial charge in [0.1, 0.15) is 5.60 Å². The summed E-state index contributed by atoms with van der Waals surface area (Å²) in [4.78, 5) is 13.4. The molecule has 1 saturated carbocycles. The molecule has 0 aromatic carbocycles. The van der Waals surface area contributed by atoms with Gasteiger partial charge in [0.15, 0.2) is 0 Å². The number of piperidine rings is 1. The van der Waals surface area contributed by atoms with Crippen molar-refractivity contribution in [3.8, 4) is 0 Å². The molecule has 4 nitrogen and oxygen atoms in total. The Labute approximate surface area is 90.2 Å². The lowest BCUT2D eigenvalue weighted by atomic mass is 10.1. The second-order valence-corrected chi connectivity index (χ2v) is 5.78. The number of hydrogen-bond acceptors (Lipinski definition) is 3. The summed E-state index contributed by atoms with van der Waals surface area (Å²) in [6.45, 7) is 7.19. The SMILES string of the molecule is CC(C)(C)OC(=O)N1C[C@@H]2C[C@]2(CO)C1. The highest BCUT2D eigenvalue weighted by atomic mass is 16.6. The lowest BCUT2D eigenvalue weighted by Crippen LogP contribution is -2.37. The van der Waals surface area contributed by atoms with E-state index in [4.69, 9.17) is 4.74 Å². The number of fused-ring (bicyclic) bond motifs is 1. The van der Waals surface area contributed by atoms with Crippen LogP contribution in [0.1, 0.15) is 27.2 Å². The van der Waals surface area contributed by atoms with Crippen LogP contribution in [0.15, 0.2) is 0 Å². The second kappa shape index (κ2) is 3.11. The van der Waals surface area contributed by atoms with Crippen molar-refractivity contribution in [2.75, 3.05) is 19.7 Å². The van der Waals surface area contributed by atoms with Crippen LogP contribution in [-0.2, 0) is 4.74 Å². The van der Waals surface area contributed by atoms with Gasteiger partial charge in [-0.05, 0) is 33.1 Å². The molecule has 4 heteroatoms. The lowest BCUT2D eigenvalue weighted by molar-refractivity contribution is 0.0252. The van der Waals surface area contributed by atoms with Gasteiger partial charge in [-0.15, -0.1) is 0 Å². The summed E-state index contributed by atoms with van der Waals surface area (Å²) in [5, 5.41) is 9.22. The van der Waals surface area contributed by atoms with Crippen molar-refractivity contribution in [1.82, 2.24) is 4.90 Å². The van der Waals surface area contributed by atoms with Crippen LogP contribution >= 0.6 is 0 Å². The van der Waals surface area contributed by atoms with Crippen LogP contribution in [0.4, 0.5) is 4.79 Å². The van der Waals surface area contributed by atoms with E-state index in [0.717, 1.165) is 13.0 Å². The molecule has 1 saturated heterocycles. The first-order valence-electron chi connectivity index (χ1n) is 5.45. The molecule has 0 unspecified atom stereocenters. The molecule has 0 bridgehead atoms. The quantitative estimate of drug-likeness (QED) is 0.713. The Kier molecular flexibility index (Phi) is 2.23. The molecule has 86 valence electrons. The Morgan fingerprint density at radius 2 is 2.27 bits per heavy atom. The van der Waals surface area contributed by atoms with Crippen LogP contribution in [0.5, 0.6) is 0 Å². The largest absolute Gasteiger partial charge is 0.444 e. The van der Waals surface area contributed by atoms with Crippen LogP contribution in [0.2, 0.25) is 0 Å². The third-order valence-corrected chi connectivity index (χ3v) is 3.27. The maximum atomic E-state index is 11.7. The summed E-state index contributed by atoms with van der Waals surface area (Å²) in [5.41, 5.74) is -0.423. The van der Waals surface area contributed by atoms with E-state index in [-0.39, 0.29) is 18.1 Å². The molecule has 2 atom stereocenters. The molecule has 1 N–H and O–H groups in total. The molecule has 2 fully saturated rings. The predicted octanol–water partition coefficient (Wildman–Crippen LogP) is 1.24. The van der Waals surface area contributed by atoms with Gasteiger partial charge in [-0.25, -0.2) is 4.79 Å². The van der Waals surface area contributed by atoms with Gasteiger partial charge in [0.05, 0.1) is 6.61 Å². The van der Waals surface area contributed by atoms with E-state index in [1.54, 1.807) is 4.90 Å². The first-order chi connectivity index (χ1) is 6.86. The highest BCUT2D eigenvalue weighted by molar-refractivity contribution is 5.69. The maximum Gasteiger partial charge on any atom is 0.410 e. The molecule has 2 rings (SSSR count). The average molecular weight is 213 g/mol. The van der Waals surface area contributed by atoms with Gasteiger partial charge in [0.2, 0.25) is 0 Å². The highest BCUT2D eigenvalue weighted by Gasteiger charge is 2.60. The number of nitrogens with zero attached hydrogens (tertiary/aromatic N) is 1. The minimum absolute atomic E-state index is 0.0108. The molecule has 1 aliphatic heterocycles. The Morgan fingerprint density at radius 1 is 1.60 bits per heavy atom. The summed E-state index contributed by atoms with van der Waals surface area (Å²) >= 11 is 0. The molecule has 0 spiro atoms. The van der Waals surface area contributed by atoms with Crippen LogP contribution in [0, 0.1) is 11.3 Å². The minimum Gasteiger partial charge on any atom is -0.444 e. The van der Waals surface area contributed by atoms with Crippen molar-refractivity contribution >= 4 is 6.09 Å². The van der Waals surface area contributed by atoms with Crippen LogP contribution in [0.3, 0.4) is 0 Å². The van der Waals surface area contributed by atoms with E-state index in [0.29, 0.717) is 12.5 Å². The Hall–Kier alpha value is -0.770. The zero-order valence-electron chi connectivity index (χ0n) is 9.62. The summed E-state index contributed by atoms with van der Waals surface area (Å²) in [6.07, 6.45) is 0.811. The molecular weight excluding hydrogens is 194 g/mol. The third-order valence-electron chi connectivity index (χ3n) is 3.27. The average Bonchev–Trinajstić information content (AvgIpc) is 2.66. The van der Waals surface area contributed by atoms with Gasteiger partial charge in [0, 0.05) is 18.5 Å².